The minimum absolute atomic E-state index is 0. The number of halogens is 2. The Morgan fingerprint density at radius 1 is 0.698 bits per heavy atom. The maximum absolute atomic E-state index is 2.41. The number of hydrogen-bond acceptors (Lipinski definition) is 0. The molecule has 0 amide bonds. The second kappa shape index (κ2) is 19.2. The number of hydrogen-bond donors (Lipinski definition) is 0. The molecule has 0 aliphatic heterocycles. The van der Waals surface area contributed by atoms with Crippen molar-refractivity contribution in [1.29, 1.82) is 0 Å². The van der Waals surface area contributed by atoms with E-state index in [4.69, 9.17) is 0 Å². The summed E-state index contributed by atoms with van der Waals surface area (Å²) in [5.41, 5.74) is 11.4. The van der Waals surface area contributed by atoms with Crippen LogP contribution >= 0.6 is 0 Å². The van der Waals surface area contributed by atoms with Crippen LogP contribution in [0.2, 0.25) is 13.1 Å². The van der Waals surface area contributed by atoms with Crippen LogP contribution in [0.15, 0.2) is 121 Å². The second-order valence-corrected chi connectivity index (χ2v) is 20.5. The zero-order valence-corrected chi connectivity index (χ0v) is 30.7. The van der Waals surface area contributed by atoms with E-state index in [1.54, 1.807) is 23.3 Å². The van der Waals surface area contributed by atoms with Crippen molar-refractivity contribution in [3.8, 4) is 0 Å². The van der Waals surface area contributed by atoms with Gasteiger partial charge in [0, 0.05) is 0 Å². The molecule has 2 atom stereocenters. The molecule has 4 heteroatoms. The number of aryl methyl sites for hydroxylation is 2. The standard InChI is InChI=1S/C20H21.C17H15.C2H6Si.2ClH.Zr/c1-2-3-9-16-14-18-12-7-8-13-19(20(18)15-16)17-10-5-4-6-11-17;1-13-11-15-9-5-6-10-16(17(15)12-13)14-7-3-2-4-8-14;1-3-2;;;/h4-8,10-15,19H,2-3,9H2,1H3;2-12,16H,1H3;1-2H3;2*1H;/q2*-1;;;;+2/p-2. The Bertz CT molecular complexity index is 1520. The van der Waals surface area contributed by atoms with Gasteiger partial charge < -0.3 is 24.8 Å². The molecule has 0 heterocycles. The largest absolute Gasteiger partial charge is 1.00 e. The summed E-state index contributed by atoms with van der Waals surface area (Å²) in [5, 5.41) is 0. The van der Waals surface area contributed by atoms with E-state index in [2.05, 4.69) is 160 Å². The fraction of sp³-hybridized carbons (Fsp3) is 0.231. The summed E-state index contributed by atoms with van der Waals surface area (Å²) >= 11 is 1.74. The Morgan fingerprint density at radius 2 is 1.16 bits per heavy atom. The first-order valence-corrected chi connectivity index (χ1v) is 21.0. The molecule has 0 saturated carbocycles. The van der Waals surface area contributed by atoms with Gasteiger partial charge in [0.05, 0.1) is 0 Å². The first kappa shape index (κ1) is 37.0. The van der Waals surface area contributed by atoms with Crippen LogP contribution in [0.4, 0.5) is 0 Å². The monoisotopic (exact) mass is 698 g/mol. The molecular formula is C39H42Cl2SiZr-2. The molecule has 0 radical (unpaired) electrons. The summed E-state index contributed by atoms with van der Waals surface area (Å²) < 4.78 is 0. The summed E-state index contributed by atoms with van der Waals surface area (Å²) in [6, 6.07) is 30.8. The first-order chi connectivity index (χ1) is 20.0. The molecule has 4 aromatic carbocycles. The topological polar surface area (TPSA) is 0 Å². The Balaban J connectivity index is 0.000000259. The molecule has 43 heavy (non-hydrogen) atoms. The van der Waals surface area contributed by atoms with Crippen molar-refractivity contribution in [3.05, 3.63) is 166 Å². The van der Waals surface area contributed by atoms with Gasteiger partial charge in [-0.2, -0.15) is 34.4 Å². The van der Waals surface area contributed by atoms with Gasteiger partial charge in [-0.15, -0.1) is 47.6 Å². The summed E-state index contributed by atoms with van der Waals surface area (Å²) in [7, 11) is 0. The van der Waals surface area contributed by atoms with Gasteiger partial charge >= 0.3 is 41.9 Å². The molecule has 0 nitrogen and oxygen atoms in total. The zero-order chi connectivity index (χ0) is 29.0. The third-order valence-electron chi connectivity index (χ3n) is 7.30. The smallest absolute Gasteiger partial charge is 0.0144 e. The maximum atomic E-state index is 2.41. The molecule has 0 aromatic heterocycles. The molecule has 222 valence electrons. The number of allylic oxidation sites excluding steroid dienone is 6. The molecule has 0 spiro atoms. The van der Waals surface area contributed by atoms with Crippen molar-refractivity contribution in [2.24, 2.45) is 0 Å². The predicted molar refractivity (Wildman–Crippen MR) is 178 cm³/mol. The predicted octanol–water partition coefficient (Wildman–Crippen LogP) is 4.68. The minimum atomic E-state index is 0. The zero-order valence-electron chi connectivity index (χ0n) is 25.7. The fourth-order valence-electron chi connectivity index (χ4n) is 5.44. The van der Waals surface area contributed by atoms with Gasteiger partial charge in [0.2, 0.25) is 0 Å². The van der Waals surface area contributed by atoms with E-state index in [1.807, 2.05) is 0 Å². The second-order valence-electron chi connectivity index (χ2n) is 11.1. The van der Waals surface area contributed by atoms with Crippen molar-refractivity contribution >= 4 is 17.6 Å². The molecular weight excluding hydrogens is 659 g/mol. The molecule has 0 fully saturated rings. The van der Waals surface area contributed by atoms with Crippen LogP contribution in [-0.4, -0.2) is 5.43 Å². The molecule has 0 saturated heterocycles. The van der Waals surface area contributed by atoms with Crippen LogP contribution in [-0.2, 0) is 29.8 Å². The van der Waals surface area contributed by atoms with Crippen LogP contribution in [0.3, 0.4) is 0 Å². The normalized spacial score (nSPS) is 15.6. The van der Waals surface area contributed by atoms with Crippen LogP contribution in [0.25, 0.3) is 12.2 Å². The third kappa shape index (κ3) is 11.0. The van der Waals surface area contributed by atoms with Crippen molar-refractivity contribution < 1.29 is 48.1 Å². The van der Waals surface area contributed by atoms with Crippen molar-refractivity contribution in [1.82, 2.24) is 0 Å². The first-order valence-electron chi connectivity index (χ1n) is 14.8. The third-order valence-corrected chi connectivity index (χ3v) is 7.30. The van der Waals surface area contributed by atoms with Crippen molar-refractivity contribution in [2.45, 2.75) is 58.0 Å². The van der Waals surface area contributed by atoms with Gasteiger partial charge in [-0.3, -0.25) is 0 Å². The summed E-state index contributed by atoms with van der Waals surface area (Å²) in [6.07, 6.45) is 21.3. The molecule has 2 aliphatic carbocycles. The van der Waals surface area contributed by atoms with Gasteiger partial charge in [-0.25, -0.2) is 0 Å². The Hall–Kier alpha value is -2.22. The van der Waals surface area contributed by atoms with Crippen LogP contribution in [0, 0.1) is 6.92 Å². The van der Waals surface area contributed by atoms with Gasteiger partial charge in [0.15, 0.2) is 0 Å². The van der Waals surface area contributed by atoms with E-state index in [1.165, 1.54) is 63.8 Å². The minimum Gasteiger partial charge on any atom is -1.00 e. The molecule has 0 bridgehead atoms. The van der Waals surface area contributed by atoms with Gasteiger partial charge in [0.25, 0.3) is 0 Å². The van der Waals surface area contributed by atoms with Crippen LogP contribution in [0.1, 0.15) is 76.1 Å². The Morgan fingerprint density at radius 3 is 1.65 bits per heavy atom. The van der Waals surface area contributed by atoms with E-state index < -0.39 is 0 Å². The van der Waals surface area contributed by atoms with E-state index in [0.717, 1.165) is 0 Å². The van der Waals surface area contributed by atoms with Crippen molar-refractivity contribution in [2.75, 3.05) is 0 Å². The van der Waals surface area contributed by atoms with E-state index in [9.17, 15) is 0 Å². The van der Waals surface area contributed by atoms with E-state index in [0.29, 0.717) is 11.8 Å². The number of rotatable bonds is 5. The van der Waals surface area contributed by atoms with E-state index >= 15 is 0 Å². The SMILES string of the molecule is CCCCc1cc2c([cH-]1)C=CC=CC2c1ccccc1.C[Si](C)=[Zr+2].Cc1cc2c([cH-]1)C=CC=CC2c1ccccc1.[Cl-].[Cl-]. The quantitative estimate of drug-likeness (QED) is 0.210. The molecule has 2 unspecified atom stereocenters. The Labute approximate surface area is 287 Å². The average Bonchev–Trinajstić information content (AvgIpc) is 3.41. The Kier molecular flexibility index (Phi) is 16.5. The van der Waals surface area contributed by atoms with Gasteiger partial charge in [0.1, 0.15) is 0 Å². The molecule has 2 aliphatic rings. The van der Waals surface area contributed by atoms with Crippen molar-refractivity contribution in [3.63, 3.8) is 0 Å². The number of benzene rings is 2. The van der Waals surface area contributed by atoms with Crippen LogP contribution in [0.5, 0.6) is 0 Å². The summed E-state index contributed by atoms with van der Waals surface area (Å²) in [6.45, 7) is 9.03. The molecule has 4 aromatic rings. The van der Waals surface area contributed by atoms with Gasteiger partial charge in [-0.05, 0) is 29.4 Å². The average molecular weight is 701 g/mol. The van der Waals surface area contributed by atoms with Crippen LogP contribution < -0.4 is 24.8 Å². The number of unbranched alkanes of at least 4 members (excludes halogenated alkanes) is 1. The molecule has 0 N–H and O–H groups in total. The number of fused-ring (bicyclic) bond motifs is 2. The van der Waals surface area contributed by atoms with E-state index in [-0.39, 0.29) is 30.2 Å². The van der Waals surface area contributed by atoms with Gasteiger partial charge in [-0.1, -0.05) is 112 Å². The molecule has 6 rings (SSSR count). The maximum Gasteiger partial charge on any atom is -0.0144 e. The fourth-order valence-corrected chi connectivity index (χ4v) is 5.44. The summed E-state index contributed by atoms with van der Waals surface area (Å²) in [4.78, 5) is 0. The summed E-state index contributed by atoms with van der Waals surface area (Å²) in [5.74, 6) is 0.770.